The molecule has 156 valence electrons. The van der Waals surface area contributed by atoms with Crippen LogP contribution >= 0.6 is 0 Å². The van der Waals surface area contributed by atoms with Crippen LogP contribution in [0.2, 0.25) is 0 Å². The van der Waals surface area contributed by atoms with Gasteiger partial charge in [0.2, 0.25) is 0 Å². The molecule has 1 aliphatic heterocycles. The number of benzene rings is 3. The van der Waals surface area contributed by atoms with Gasteiger partial charge in [-0.05, 0) is 66.2 Å². The summed E-state index contributed by atoms with van der Waals surface area (Å²) in [6.07, 6.45) is 3.21. The predicted molar refractivity (Wildman–Crippen MR) is 118 cm³/mol. The molecular weight excluding hydrogens is 394 g/mol. The molecule has 0 aromatic heterocycles. The smallest absolute Gasteiger partial charge is 0.255 e. The van der Waals surface area contributed by atoms with Gasteiger partial charge in [0.1, 0.15) is 19.0 Å². The standard InChI is InChI=1S/C25H21NO5/c1-29-21-9-6-18(7-10-21)25(28)26-20-4-2-3-17(15-20)5-11-22(27)19-8-12-23-24(16-19)31-14-13-30-23/h2-12,15-16H,13-14H2,1H3,(H,26,28). The first-order valence-electron chi connectivity index (χ1n) is 9.80. The molecule has 1 N–H and O–H groups in total. The molecular formula is C25H21NO5. The fraction of sp³-hybridized carbons (Fsp3) is 0.120. The number of hydrogen-bond donors (Lipinski definition) is 1. The molecule has 4 rings (SSSR count). The van der Waals surface area contributed by atoms with E-state index < -0.39 is 0 Å². The second-order valence-electron chi connectivity index (χ2n) is 6.86. The highest BCUT2D eigenvalue weighted by molar-refractivity contribution is 6.07. The Hall–Kier alpha value is -4.06. The molecule has 3 aromatic carbocycles. The third kappa shape index (κ3) is 4.93. The first kappa shape index (κ1) is 20.2. The number of hydrogen-bond acceptors (Lipinski definition) is 5. The minimum absolute atomic E-state index is 0.148. The average Bonchev–Trinajstić information content (AvgIpc) is 2.82. The number of ether oxygens (including phenoxy) is 3. The monoisotopic (exact) mass is 415 g/mol. The van der Waals surface area contributed by atoms with Crippen molar-refractivity contribution in [1.29, 1.82) is 0 Å². The third-order valence-electron chi connectivity index (χ3n) is 4.75. The molecule has 6 nitrogen and oxygen atoms in total. The van der Waals surface area contributed by atoms with Crippen molar-refractivity contribution in [3.63, 3.8) is 0 Å². The predicted octanol–water partition coefficient (Wildman–Crippen LogP) is 4.61. The van der Waals surface area contributed by atoms with Crippen LogP contribution in [-0.4, -0.2) is 32.0 Å². The Labute approximate surface area is 180 Å². The van der Waals surface area contributed by atoms with E-state index in [4.69, 9.17) is 14.2 Å². The van der Waals surface area contributed by atoms with Crippen molar-refractivity contribution in [2.45, 2.75) is 0 Å². The number of carbonyl (C=O) groups is 2. The number of anilines is 1. The highest BCUT2D eigenvalue weighted by Gasteiger charge is 2.13. The van der Waals surface area contributed by atoms with Gasteiger partial charge in [0.15, 0.2) is 17.3 Å². The van der Waals surface area contributed by atoms with Gasteiger partial charge in [0.05, 0.1) is 7.11 Å². The van der Waals surface area contributed by atoms with Crippen molar-refractivity contribution in [1.82, 2.24) is 0 Å². The third-order valence-corrected chi connectivity index (χ3v) is 4.75. The van der Waals surface area contributed by atoms with E-state index in [9.17, 15) is 9.59 Å². The van der Waals surface area contributed by atoms with Gasteiger partial charge in [-0.25, -0.2) is 0 Å². The fourth-order valence-electron chi connectivity index (χ4n) is 3.13. The van der Waals surface area contributed by atoms with Crippen LogP contribution in [0.1, 0.15) is 26.3 Å². The van der Waals surface area contributed by atoms with Crippen LogP contribution in [0.5, 0.6) is 17.2 Å². The van der Waals surface area contributed by atoms with E-state index in [1.807, 2.05) is 12.1 Å². The summed E-state index contributed by atoms with van der Waals surface area (Å²) in [6.45, 7) is 0.973. The average molecular weight is 415 g/mol. The topological polar surface area (TPSA) is 73.9 Å². The van der Waals surface area contributed by atoms with E-state index >= 15 is 0 Å². The summed E-state index contributed by atoms with van der Waals surface area (Å²) in [5.74, 6) is 1.54. The van der Waals surface area contributed by atoms with E-state index in [0.29, 0.717) is 47.3 Å². The van der Waals surface area contributed by atoms with Gasteiger partial charge in [0.25, 0.3) is 5.91 Å². The summed E-state index contributed by atoms with van der Waals surface area (Å²) in [7, 11) is 1.58. The molecule has 3 aromatic rings. The van der Waals surface area contributed by atoms with Crippen molar-refractivity contribution >= 4 is 23.5 Å². The summed E-state index contributed by atoms with van der Waals surface area (Å²) in [5, 5.41) is 2.86. The van der Waals surface area contributed by atoms with Crippen LogP contribution < -0.4 is 19.5 Å². The molecule has 0 fully saturated rings. The fourth-order valence-corrected chi connectivity index (χ4v) is 3.13. The Kier molecular flexibility index (Phi) is 5.98. The number of methoxy groups -OCH3 is 1. The number of carbonyl (C=O) groups excluding carboxylic acids is 2. The zero-order valence-corrected chi connectivity index (χ0v) is 17.0. The first-order valence-corrected chi connectivity index (χ1v) is 9.80. The molecule has 1 amide bonds. The van der Waals surface area contributed by atoms with Crippen LogP contribution in [-0.2, 0) is 0 Å². The van der Waals surface area contributed by atoms with Crippen LogP contribution in [0.25, 0.3) is 6.08 Å². The van der Waals surface area contributed by atoms with Gasteiger partial charge >= 0.3 is 0 Å². The number of amides is 1. The number of allylic oxidation sites excluding steroid dienone is 1. The number of fused-ring (bicyclic) bond motifs is 1. The maximum atomic E-state index is 12.5. The van der Waals surface area contributed by atoms with Crippen molar-refractivity contribution < 1.29 is 23.8 Å². The Morgan fingerprint density at radius 3 is 2.42 bits per heavy atom. The number of ketones is 1. The molecule has 1 heterocycles. The molecule has 0 unspecified atom stereocenters. The van der Waals surface area contributed by atoms with Crippen molar-refractivity contribution in [3.8, 4) is 17.2 Å². The van der Waals surface area contributed by atoms with Gasteiger partial charge in [-0.1, -0.05) is 18.2 Å². The van der Waals surface area contributed by atoms with Crippen LogP contribution in [0.15, 0.2) is 72.8 Å². The lowest BCUT2D eigenvalue weighted by atomic mass is 10.1. The number of nitrogens with one attached hydrogen (secondary N) is 1. The Morgan fingerprint density at radius 2 is 1.65 bits per heavy atom. The SMILES string of the molecule is COc1ccc(C(=O)Nc2cccc(C=CC(=O)c3ccc4c(c3)OCCO4)c2)cc1. The molecule has 0 radical (unpaired) electrons. The summed E-state index contributed by atoms with van der Waals surface area (Å²) in [6, 6.07) is 19.3. The molecule has 0 aliphatic carbocycles. The lowest BCUT2D eigenvalue weighted by Gasteiger charge is -2.18. The normalized spacial score (nSPS) is 12.4. The summed E-state index contributed by atoms with van der Waals surface area (Å²) >= 11 is 0. The molecule has 0 saturated carbocycles. The van der Waals surface area contributed by atoms with E-state index in [-0.39, 0.29) is 11.7 Å². The van der Waals surface area contributed by atoms with Crippen LogP contribution in [0, 0.1) is 0 Å². The van der Waals surface area contributed by atoms with Gasteiger partial charge in [-0.2, -0.15) is 0 Å². The Morgan fingerprint density at radius 1 is 0.903 bits per heavy atom. The maximum absolute atomic E-state index is 12.5. The van der Waals surface area contributed by atoms with Crippen LogP contribution in [0.3, 0.4) is 0 Å². The number of rotatable bonds is 6. The molecule has 0 spiro atoms. The summed E-state index contributed by atoms with van der Waals surface area (Å²) in [5.41, 5.74) is 2.47. The van der Waals surface area contributed by atoms with Crippen LogP contribution in [0.4, 0.5) is 5.69 Å². The van der Waals surface area contributed by atoms with Crippen molar-refractivity contribution in [2.75, 3.05) is 25.6 Å². The zero-order valence-electron chi connectivity index (χ0n) is 17.0. The Balaban J connectivity index is 1.43. The molecule has 31 heavy (non-hydrogen) atoms. The minimum atomic E-state index is -0.226. The molecule has 1 aliphatic rings. The molecule has 0 atom stereocenters. The summed E-state index contributed by atoms with van der Waals surface area (Å²) in [4.78, 5) is 25.0. The Bertz CT molecular complexity index is 1130. The van der Waals surface area contributed by atoms with Crippen molar-refractivity contribution in [2.24, 2.45) is 0 Å². The van der Waals surface area contributed by atoms with Gasteiger partial charge < -0.3 is 19.5 Å². The van der Waals surface area contributed by atoms with Gasteiger partial charge in [0, 0.05) is 16.8 Å². The second kappa shape index (κ2) is 9.17. The molecule has 0 saturated heterocycles. The molecule has 6 heteroatoms. The van der Waals surface area contributed by atoms with E-state index in [1.165, 1.54) is 6.08 Å². The molecule has 0 bridgehead atoms. The minimum Gasteiger partial charge on any atom is -0.497 e. The van der Waals surface area contributed by atoms with Gasteiger partial charge in [-0.15, -0.1) is 0 Å². The quantitative estimate of drug-likeness (QED) is 0.470. The summed E-state index contributed by atoms with van der Waals surface area (Å²) < 4.78 is 16.1. The highest BCUT2D eigenvalue weighted by Crippen LogP contribution is 2.31. The van der Waals surface area contributed by atoms with Crippen molar-refractivity contribution in [3.05, 3.63) is 89.5 Å². The zero-order chi connectivity index (χ0) is 21.6. The largest absolute Gasteiger partial charge is 0.497 e. The lowest BCUT2D eigenvalue weighted by molar-refractivity contribution is 0.102. The first-order chi connectivity index (χ1) is 15.1. The van der Waals surface area contributed by atoms with E-state index in [2.05, 4.69) is 5.32 Å². The van der Waals surface area contributed by atoms with E-state index in [1.54, 1.807) is 67.8 Å². The lowest BCUT2D eigenvalue weighted by Crippen LogP contribution is -2.15. The highest BCUT2D eigenvalue weighted by atomic mass is 16.6. The van der Waals surface area contributed by atoms with E-state index in [0.717, 1.165) is 5.56 Å². The maximum Gasteiger partial charge on any atom is 0.255 e. The van der Waals surface area contributed by atoms with Gasteiger partial charge in [-0.3, -0.25) is 9.59 Å². The second-order valence-corrected chi connectivity index (χ2v) is 6.86.